The summed E-state index contributed by atoms with van der Waals surface area (Å²) in [6, 6.07) is 0. The first kappa shape index (κ1) is 19.7. The average Bonchev–Trinajstić information content (AvgIpc) is 2.43. The fraction of sp³-hybridized carbons (Fsp3) is 0.786. The zero-order chi connectivity index (χ0) is 17.6. The van der Waals surface area contributed by atoms with Gasteiger partial charge >= 0.3 is 17.9 Å². The van der Waals surface area contributed by atoms with Gasteiger partial charge in [-0.1, -0.05) is 6.92 Å². The van der Waals surface area contributed by atoms with Gasteiger partial charge in [-0.25, -0.2) is 0 Å². The molecule has 5 atom stereocenters. The number of ether oxygens (including phenoxy) is 4. The first-order valence-corrected chi connectivity index (χ1v) is 8.24. The molecule has 0 aliphatic carbocycles. The number of carbonyl (C=O) groups excluding carboxylic acids is 3. The van der Waals surface area contributed by atoms with Gasteiger partial charge in [0, 0.05) is 20.8 Å². The lowest BCUT2D eigenvalue weighted by Gasteiger charge is -2.42. The van der Waals surface area contributed by atoms with Crippen molar-refractivity contribution in [2.75, 3.05) is 12.4 Å². The van der Waals surface area contributed by atoms with Crippen LogP contribution in [-0.4, -0.2) is 65.2 Å². The predicted octanol–water partition coefficient (Wildman–Crippen LogP) is 0.252. The molecule has 0 aromatic rings. The second-order valence-corrected chi connectivity index (χ2v) is 6.31. The number of aliphatic hydroxyl groups is 1. The van der Waals surface area contributed by atoms with Gasteiger partial charge in [0.25, 0.3) is 0 Å². The third-order valence-electron chi connectivity index (χ3n) is 3.00. The van der Waals surface area contributed by atoms with Gasteiger partial charge in [0.15, 0.2) is 12.2 Å². The Hall–Kier alpha value is -1.32. The van der Waals surface area contributed by atoms with Crippen molar-refractivity contribution in [1.29, 1.82) is 0 Å². The second kappa shape index (κ2) is 9.09. The Morgan fingerprint density at radius 2 is 1.61 bits per heavy atom. The molecule has 0 spiro atoms. The van der Waals surface area contributed by atoms with Crippen LogP contribution in [0.1, 0.15) is 27.7 Å². The third kappa shape index (κ3) is 6.00. The lowest BCUT2D eigenvalue weighted by molar-refractivity contribution is -0.230. The Morgan fingerprint density at radius 1 is 1.04 bits per heavy atom. The smallest absolute Gasteiger partial charge is 0.303 e. The van der Waals surface area contributed by atoms with Crippen molar-refractivity contribution in [3.8, 4) is 0 Å². The highest BCUT2D eigenvalue weighted by Crippen LogP contribution is 2.32. The lowest BCUT2D eigenvalue weighted by Crippen LogP contribution is -2.60. The first-order valence-electron chi connectivity index (χ1n) is 7.19. The molecule has 8 nitrogen and oxygen atoms in total. The molecule has 1 heterocycles. The molecule has 0 aromatic heterocycles. The van der Waals surface area contributed by atoms with Gasteiger partial charge in [-0.2, -0.15) is 0 Å². The molecule has 1 aliphatic rings. The topological polar surface area (TPSA) is 108 Å². The van der Waals surface area contributed by atoms with E-state index in [0.29, 0.717) is 5.75 Å². The molecule has 132 valence electrons. The average molecular weight is 350 g/mol. The molecular weight excluding hydrogens is 328 g/mol. The number of hydrogen-bond donors (Lipinski definition) is 1. The maximum absolute atomic E-state index is 11.3. The predicted molar refractivity (Wildman–Crippen MR) is 80.5 cm³/mol. The summed E-state index contributed by atoms with van der Waals surface area (Å²) in [4.78, 5) is 33.6. The fourth-order valence-electron chi connectivity index (χ4n) is 2.17. The number of aliphatic hydroxyl groups excluding tert-OH is 1. The fourth-order valence-corrected chi connectivity index (χ4v) is 3.12. The van der Waals surface area contributed by atoms with Gasteiger partial charge in [-0.05, 0) is 5.75 Å². The van der Waals surface area contributed by atoms with E-state index in [0.717, 1.165) is 0 Å². The zero-order valence-corrected chi connectivity index (χ0v) is 14.3. The Balaban J connectivity index is 2.99. The van der Waals surface area contributed by atoms with Crippen LogP contribution in [-0.2, 0) is 33.3 Å². The van der Waals surface area contributed by atoms with E-state index in [1.54, 1.807) is 0 Å². The SMILES string of the molecule is CCS[C@@H]1O[C@H](COC(C)=O)[C@@H](O)[C@H](OC(C)=O)[C@H]1OC(C)=O. The Bertz CT molecular complexity index is 440. The molecule has 1 N–H and O–H groups in total. The summed E-state index contributed by atoms with van der Waals surface area (Å²) in [5.74, 6) is -1.08. The molecule has 0 saturated carbocycles. The van der Waals surface area contributed by atoms with Gasteiger partial charge in [0.05, 0.1) is 0 Å². The highest BCUT2D eigenvalue weighted by Gasteiger charge is 2.49. The van der Waals surface area contributed by atoms with Crippen LogP contribution >= 0.6 is 11.8 Å². The summed E-state index contributed by atoms with van der Waals surface area (Å²) in [7, 11) is 0. The minimum atomic E-state index is -1.30. The van der Waals surface area contributed by atoms with Crippen LogP contribution in [0.15, 0.2) is 0 Å². The Labute approximate surface area is 138 Å². The summed E-state index contributed by atoms with van der Waals surface area (Å²) < 4.78 is 20.9. The lowest BCUT2D eigenvalue weighted by atomic mass is 9.99. The molecule has 0 amide bonds. The molecule has 23 heavy (non-hydrogen) atoms. The molecule has 0 aromatic carbocycles. The van der Waals surface area contributed by atoms with Crippen molar-refractivity contribution in [3.05, 3.63) is 0 Å². The number of esters is 3. The Morgan fingerprint density at radius 3 is 2.09 bits per heavy atom. The summed E-state index contributed by atoms with van der Waals surface area (Å²) in [5, 5.41) is 10.4. The molecule has 9 heteroatoms. The molecule has 1 aliphatic heterocycles. The quantitative estimate of drug-likeness (QED) is 0.532. The van der Waals surface area contributed by atoms with Crippen LogP contribution in [0.2, 0.25) is 0 Å². The van der Waals surface area contributed by atoms with Gasteiger partial charge < -0.3 is 24.1 Å². The highest BCUT2D eigenvalue weighted by molar-refractivity contribution is 7.99. The normalized spacial score (nSPS) is 30.4. The molecular formula is C14H22O8S. The van der Waals surface area contributed by atoms with Crippen molar-refractivity contribution in [1.82, 2.24) is 0 Å². The van der Waals surface area contributed by atoms with Crippen molar-refractivity contribution in [3.63, 3.8) is 0 Å². The van der Waals surface area contributed by atoms with Crippen molar-refractivity contribution < 1.29 is 38.4 Å². The summed E-state index contributed by atoms with van der Waals surface area (Å²) >= 11 is 1.33. The number of rotatable bonds is 6. The van der Waals surface area contributed by atoms with E-state index in [9.17, 15) is 19.5 Å². The van der Waals surface area contributed by atoms with E-state index in [2.05, 4.69) is 0 Å². The Kier molecular flexibility index (Phi) is 7.80. The van der Waals surface area contributed by atoms with E-state index in [1.165, 1.54) is 32.5 Å². The second-order valence-electron chi connectivity index (χ2n) is 4.94. The van der Waals surface area contributed by atoms with Gasteiger partial charge in [0.2, 0.25) is 0 Å². The van der Waals surface area contributed by atoms with Crippen LogP contribution in [0.5, 0.6) is 0 Å². The highest BCUT2D eigenvalue weighted by atomic mass is 32.2. The maximum atomic E-state index is 11.3. The van der Waals surface area contributed by atoms with E-state index in [-0.39, 0.29) is 6.61 Å². The summed E-state index contributed by atoms with van der Waals surface area (Å²) in [5.41, 5.74) is -0.655. The zero-order valence-electron chi connectivity index (χ0n) is 13.5. The molecule has 0 unspecified atom stereocenters. The van der Waals surface area contributed by atoms with E-state index in [4.69, 9.17) is 18.9 Å². The van der Waals surface area contributed by atoms with E-state index >= 15 is 0 Å². The van der Waals surface area contributed by atoms with Crippen molar-refractivity contribution in [2.45, 2.75) is 57.5 Å². The minimum Gasteiger partial charge on any atom is -0.463 e. The monoisotopic (exact) mass is 350 g/mol. The van der Waals surface area contributed by atoms with Crippen LogP contribution in [0.25, 0.3) is 0 Å². The molecule has 0 radical (unpaired) electrons. The molecule has 0 bridgehead atoms. The number of thioether (sulfide) groups is 1. The van der Waals surface area contributed by atoms with Gasteiger partial charge in [-0.15, -0.1) is 11.8 Å². The van der Waals surface area contributed by atoms with Crippen molar-refractivity contribution in [2.24, 2.45) is 0 Å². The van der Waals surface area contributed by atoms with Crippen LogP contribution in [0.3, 0.4) is 0 Å². The number of carbonyl (C=O) groups is 3. The molecule has 1 fully saturated rings. The summed E-state index contributed by atoms with van der Waals surface area (Å²) in [6.45, 7) is 5.33. The van der Waals surface area contributed by atoms with Crippen LogP contribution in [0.4, 0.5) is 0 Å². The van der Waals surface area contributed by atoms with Gasteiger partial charge in [0.1, 0.15) is 24.3 Å². The third-order valence-corrected chi connectivity index (χ3v) is 4.05. The number of hydrogen-bond acceptors (Lipinski definition) is 9. The van der Waals surface area contributed by atoms with Crippen LogP contribution in [0, 0.1) is 0 Å². The maximum Gasteiger partial charge on any atom is 0.303 e. The van der Waals surface area contributed by atoms with Crippen LogP contribution < -0.4 is 0 Å². The minimum absolute atomic E-state index is 0.193. The van der Waals surface area contributed by atoms with Gasteiger partial charge in [-0.3, -0.25) is 14.4 Å². The first-order chi connectivity index (χ1) is 10.8. The largest absolute Gasteiger partial charge is 0.463 e. The summed E-state index contributed by atoms with van der Waals surface area (Å²) in [6.07, 6.45) is -4.24. The molecule has 1 rings (SSSR count). The van der Waals surface area contributed by atoms with E-state index in [1.807, 2.05) is 6.92 Å². The standard InChI is InChI=1S/C14H22O8S/c1-5-23-14-13(21-9(4)17)12(20-8(3)16)11(18)10(22-14)6-19-7(2)15/h10-14,18H,5-6H2,1-4H3/t10-,11-,12+,13-,14+/m1/s1. The molecule has 1 saturated heterocycles. The van der Waals surface area contributed by atoms with E-state index < -0.39 is 47.8 Å². The van der Waals surface area contributed by atoms with Crippen molar-refractivity contribution >= 4 is 29.7 Å².